The van der Waals surface area contributed by atoms with Crippen molar-refractivity contribution in [3.8, 4) is 5.75 Å². The van der Waals surface area contributed by atoms with Gasteiger partial charge in [0, 0.05) is 5.56 Å². The third-order valence-electron chi connectivity index (χ3n) is 6.24. The van der Waals surface area contributed by atoms with Crippen molar-refractivity contribution in [1.29, 1.82) is 0 Å². The van der Waals surface area contributed by atoms with E-state index in [0.29, 0.717) is 22.3 Å². The number of hydrogen-bond acceptors (Lipinski definition) is 3. The molecule has 0 aromatic heterocycles. The highest BCUT2D eigenvalue weighted by Crippen LogP contribution is 2.50. The molecule has 1 fully saturated rings. The molecule has 1 atom stereocenters. The summed E-state index contributed by atoms with van der Waals surface area (Å²) in [6.07, 6.45) is 3.99. The van der Waals surface area contributed by atoms with Crippen molar-refractivity contribution in [2.75, 3.05) is 33.3 Å². The Morgan fingerprint density at radius 3 is 2.63 bits per heavy atom. The molecule has 0 aliphatic carbocycles. The van der Waals surface area contributed by atoms with E-state index in [1.54, 1.807) is 7.11 Å². The molecule has 1 saturated heterocycles. The van der Waals surface area contributed by atoms with Gasteiger partial charge >= 0.3 is 5.91 Å². The van der Waals surface area contributed by atoms with Crippen LogP contribution in [0.1, 0.15) is 28.8 Å². The third kappa shape index (κ3) is 2.71. The van der Waals surface area contributed by atoms with E-state index in [2.05, 4.69) is 30.1 Å². The van der Waals surface area contributed by atoms with Crippen LogP contribution in [-0.2, 0) is 5.41 Å². The smallest absolute Gasteiger partial charge is 0.355 e. The summed E-state index contributed by atoms with van der Waals surface area (Å²) < 4.78 is 5.80. The molecule has 0 bridgehead atoms. The lowest BCUT2D eigenvalue weighted by molar-refractivity contribution is 0.0756. The molecular formula is C23H27N2O2+. The molecule has 4 heteroatoms. The number of amides is 1. The Morgan fingerprint density at radius 1 is 1.19 bits per heavy atom. The van der Waals surface area contributed by atoms with Gasteiger partial charge in [-0.25, -0.2) is 9.28 Å². The predicted molar refractivity (Wildman–Crippen MR) is 109 cm³/mol. The molecule has 0 radical (unpaired) electrons. The molecular weight excluding hydrogens is 336 g/mol. The topological polar surface area (TPSA) is 38.3 Å². The third-order valence-corrected chi connectivity index (χ3v) is 6.24. The Labute approximate surface area is 161 Å². The molecule has 1 amide bonds. The Bertz CT molecular complexity index is 870. The van der Waals surface area contributed by atoms with Crippen molar-refractivity contribution in [1.82, 2.24) is 9.80 Å². The summed E-state index contributed by atoms with van der Waals surface area (Å²) in [5.74, 6) is 0.725. The molecule has 2 aromatic rings. The highest BCUT2D eigenvalue weighted by molar-refractivity contribution is 6.05. The van der Waals surface area contributed by atoms with Crippen LogP contribution < -0.4 is 14.5 Å². The molecule has 2 aromatic carbocycles. The molecule has 1 spiro atoms. The van der Waals surface area contributed by atoms with E-state index in [0.717, 1.165) is 38.2 Å². The van der Waals surface area contributed by atoms with Gasteiger partial charge in [0.15, 0.2) is 0 Å². The van der Waals surface area contributed by atoms with Crippen LogP contribution in [0.4, 0.5) is 5.69 Å². The number of carbonyl (C=O) groups is 1. The lowest BCUT2D eigenvalue weighted by Gasteiger charge is -2.36. The maximum atomic E-state index is 14.0. The number of nitrogens with zero attached hydrogens (tertiary/aromatic N) is 1. The van der Waals surface area contributed by atoms with E-state index in [9.17, 15) is 4.79 Å². The summed E-state index contributed by atoms with van der Waals surface area (Å²) in [4.78, 5) is 14.0. The predicted octanol–water partition coefficient (Wildman–Crippen LogP) is 3.66. The largest absolute Gasteiger partial charge is 0.496 e. The number of nitrogens with one attached hydrogen (secondary N) is 1. The molecule has 4 rings (SSSR count). The highest BCUT2D eigenvalue weighted by Gasteiger charge is 2.57. The summed E-state index contributed by atoms with van der Waals surface area (Å²) in [6, 6.07) is 16.0. The van der Waals surface area contributed by atoms with Crippen LogP contribution in [0, 0.1) is 0 Å². The number of hydrogen-bond donors (Lipinski definition) is 1. The van der Waals surface area contributed by atoms with E-state index in [1.165, 1.54) is 5.56 Å². The number of carbonyl (C=O) groups excluding carboxylic acids is 1. The van der Waals surface area contributed by atoms with Gasteiger partial charge in [-0.1, -0.05) is 36.9 Å². The Morgan fingerprint density at radius 2 is 1.89 bits per heavy atom. The molecule has 4 nitrogen and oxygen atoms in total. The number of fused-ring (bicyclic) bond motifs is 2. The van der Waals surface area contributed by atoms with Crippen LogP contribution in [-0.4, -0.2) is 39.2 Å². The molecule has 2 aliphatic heterocycles. The Balaban J connectivity index is 1.89. The average Bonchev–Trinajstić information content (AvgIpc) is 2.99. The zero-order valence-corrected chi connectivity index (χ0v) is 15.9. The molecule has 1 unspecified atom stereocenters. The maximum absolute atomic E-state index is 14.0. The van der Waals surface area contributed by atoms with Crippen LogP contribution in [0.2, 0.25) is 0 Å². The lowest BCUT2D eigenvalue weighted by atomic mass is 9.75. The summed E-state index contributed by atoms with van der Waals surface area (Å²) >= 11 is 0. The summed E-state index contributed by atoms with van der Waals surface area (Å²) in [7, 11) is 1.62. The first-order valence-electron chi connectivity index (χ1n) is 9.64. The Kier molecular flexibility index (Phi) is 4.62. The van der Waals surface area contributed by atoms with Crippen LogP contribution in [0.25, 0.3) is 0 Å². The van der Waals surface area contributed by atoms with E-state index >= 15 is 0 Å². The van der Waals surface area contributed by atoms with Crippen molar-refractivity contribution < 1.29 is 9.53 Å². The van der Waals surface area contributed by atoms with Gasteiger partial charge in [-0.2, -0.15) is 0 Å². The van der Waals surface area contributed by atoms with Gasteiger partial charge in [-0.05, 0) is 50.2 Å². The fraction of sp³-hybridized carbons (Fsp3) is 0.348. The SMILES string of the molecule is C=CC[N+]1(C(=O)c2ccccc2OC)CC2(CCNCC2)c2ccccc21. The molecule has 0 saturated carbocycles. The standard InChI is InChI=1S/C23H27N2O2/c1-3-16-25(22(26)18-8-4-7-11-21(18)27-2)17-23(12-14-24-15-13-23)19-9-5-6-10-20(19)25/h3-11,24H,1,12-17H2,2H3/q+1. The number of piperidine rings is 1. The van der Waals surface area contributed by atoms with Gasteiger partial charge in [-0.15, -0.1) is 0 Å². The molecule has 2 heterocycles. The van der Waals surface area contributed by atoms with Crippen molar-refractivity contribution in [3.63, 3.8) is 0 Å². The minimum atomic E-state index is 0.0442. The van der Waals surface area contributed by atoms with Crippen molar-refractivity contribution in [2.45, 2.75) is 18.3 Å². The summed E-state index contributed by atoms with van der Waals surface area (Å²) in [6.45, 7) is 7.34. The first-order valence-corrected chi connectivity index (χ1v) is 9.64. The average molecular weight is 363 g/mol. The monoisotopic (exact) mass is 363 g/mol. The van der Waals surface area contributed by atoms with Crippen molar-refractivity contribution in [2.24, 2.45) is 0 Å². The Hall–Kier alpha value is -2.43. The van der Waals surface area contributed by atoms with Gasteiger partial charge < -0.3 is 10.1 Å². The second-order valence-corrected chi connectivity index (χ2v) is 7.65. The first kappa shape index (κ1) is 18.0. The number of rotatable bonds is 4. The van der Waals surface area contributed by atoms with Crippen molar-refractivity contribution in [3.05, 3.63) is 72.3 Å². The minimum Gasteiger partial charge on any atom is -0.496 e. The summed E-state index contributed by atoms with van der Waals surface area (Å²) in [5.41, 5.74) is 3.14. The number of quaternary nitrogens is 1. The summed E-state index contributed by atoms with van der Waals surface area (Å²) in [5, 5.41) is 3.47. The molecule has 1 N–H and O–H groups in total. The van der Waals surface area contributed by atoms with Gasteiger partial charge in [0.1, 0.15) is 30.1 Å². The van der Waals surface area contributed by atoms with E-state index < -0.39 is 0 Å². The zero-order chi connectivity index (χ0) is 18.9. The van der Waals surface area contributed by atoms with E-state index in [4.69, 9.17) is 4.74 Å². The maximum Gasteiger partial charge on any atom is 0.355 e. The quantitative estimate of drug-likeness (QED) is 0.665. The van der Waals surface area contributed by atoms with Gasteiger partial charge in [0.2, 0.25) is 0 Å². The zero-order valence-electron chi connectivity index (χ0n) is 15.9. The van der Waals surface area contributed by atoms with Gasteiger partial charge in [0.25, 0.3) is 0 Å². The highest BCUT2D eigenvalue weighted by atomic mass is 16.5. The van der Waals surface area contributed by atoms with E-state index in [1.807, 2.05) is 36.4 Å². The van der Waals surface area contributed by atoms with Crippen LogP contribution in [0.15, 0.2) is 61.2 Å². The normalized spacial score (nSPS) is 23.0. The number of para-hydroxylation sites is 2. The van der Waals surface area contributed by atoms with Gasteiger partial charge in [0.05, 0.1) is 12.5 Å². The second kappa shape index (κ2) is 6.95. The van der Waals surface area contributed by atoms with Crippen LogP contribution >= 0.6 is 0 Å². The fourth-order valence-electron chi connectivity index (χ4n) is 5.01. The molecule has 2 aliphatic rings. The molecule has 27 heavy (non-hydrogen) atoms. The van der Waals surface area contributed by atoms with Crippen LogP contribution in [0.3, 0.4) is 0 Å². The number of methoxy groups -OCH3 is 1. The molecule has 140 valence electrons. The lowest BCUT2D eigenvalue weighted by Crippen LogP contribution is -2.57. The first-order chi connectivity index (χ1) is 13.2. The minimum absolute atomic E-state index is 0.0442. The fourth-order valence-corrected chi connectivity index (χ4v) is 5.01. The van der Waals surface area contributed by atoms with E-state index in [-0.39, 0.29) is 11.3 Å². The second-order valence-electron chi connectivity index (χ2n) is 7.65. The van der Waals surface area contributed by atoms with Crippen LogP contribution in [0.5, 0.6) is 5.75 Å². The van der Waals surface area contributed by atoms with Gasteiger partial charge in [-0.3, -0.25) is 0 Å². The number of ether oxygens (including phenoxy) is 1. The van der Waals surface area contributed by atoms with Crippen molar-refractivity contribution >= 4 is 11.6 Å². The number of benzene rings is 2.